The number of thioether (sulfide) groups is 1. The van der Waals surface area contributed by atoms with Gasteiger partial charge in [-0.2, -0.15) is 0 Å². The normalized spacial score (nSPS) is 17.2. The second kappa shape index (κ2) is 7.43. The summed E-state index contributed by atoms with van der Waals surface area (Å²) in [6, 6.07) is 9.71. The van der Waals surface area contributed by atoms with Crippen LogP contribution in [-0.2, 0) is 4.79 Å². The maximum Gasteiger partial charge on any atom is 0.270 e. The van der Waals surface area contributed by atoms with Crippen molar-refractivity contribution >= 4 is 46.0 Å². The van der Waals surface area contributed by atoms with Crippen LogP contribution >= 0.6 is 24.0 Å². The number of amides is 1. The Bertz CT molecular complexity index is 919. The maximum atomic E-state index is 12.5. The van der Waals surface area contributed by atoms with E-state index in [0.29, 0.717) is 26.3 Å². The Morgan fingerprint density at radius 1 is 1.38 bits per heavy atom. The molecule has 26 heavy (non-hydrogen) atoms. The van der Waals surface area contributed by atoms with Gasteiger partial charge < -0.3 is 4.42 Å². The summed E-state index contributed by atoms with van der Waals surface area (Å²) in [6.45, 7) is 3.96. The molecule has 1 aliphatic rings. The van der Waals surface area contributed by atoms with Crippen LogP contribution in [0.5, 0.6) is 0 Å². The van der Waals surface area contributed by atoms with Gasteiger partial charge in [-0.1, -0.05) is 43.0 Å². The van der Waals surface area contributed by atoms with Crippen molar-refractivity contribution in [1.29, 1.82) is 0 Å². The minimum absolute atomic E-state index is 0.00475. The number of thiocarbonyl (C=S) groups is 1. The average Bonchev–Trinajstić information content (AvgIpc) is 3.19. The second-order valence-electron chi connectivity index (χ2n) is 5.82. The third-order valence-corrected chi connectivity index (χ3v) is 5.43. The SMILES string of the molecule is CC[C@H](C)N1C(=O)/C(=C/c2ccc(-c3cccc([N+](=O)[O-])c3)o2)SC1=S. The van der Waals surface area contributed by atoms with Crippen LogP contribution in [0.25, 0.3) is 17.4 Å². The topological polar surface area (TPSA) is 76.6 Å². The minimum Gasteiger partial charge on any atom is -0.457 e. The van der Waals surface area contributed by atoms with Crippen LogP contribution in [0.4, 0.5) is 5.69 Å². The summed E-state index contributed by atoms with van der Waals surface area (Å²) in [7, 11) is 0. The summed E-state index contributed by atoms with van der Waals surface area (Å²) >= 11 is 6.56. The minimum atomic E-state index is -0.451. The lowest BCUT2D eigenvalue weighted by molar-refractivity contribution is -0.384. The molecule has 3 rings (SSSR count). The number of nitro groups is 1. The molecular formula is C18H16N2O4S2. The van der Waals surface area contributed by atoms with Crippen molar-refractivity contribution in [2.24, 2.45) is 0 Å². The molecule has 0 saturated carbocycles. The predicted molar refractivity (Wildman–Crippen MR) is 106 cm³/mol. The predicted octanol–water partition coefficient (Wildman–Crippen LogP) is 4.85. The van der Waals surface area contributed by atoms with Crippen molar-refractivity contribution in [3.8, 4) is 11.3 Å². The zero-order valence-corrected chi connectivity index (χ0v) is 15.8. The second-order valence-corrected chi connectivity index (χ2v) is 7.49. The number of hydrogen-bond donors (Lipinski definition) is 0. The van der Waals surface area contributed by atoms with E-state index in [1.165, 1.54) is 23.9 Å². The van der Waals surface area contributed by atoms with Crippen molar-refractivity contribution in [2.45, 2.75) is 26.3 Å². The first-order valence-electron chi connectivity index (χ1n) is 8.02. The molecule has 1 aliphatic heterocycles. The number of hydrogen-bond acceptors (Lipinski definition) is 6. The maximum absolute atomic E-state index is 12.5. The van der Waals surface area contributed by atoms with Crippen LogP contribution in [0.1, 0.15) is 26.0 Å². The Balaban J connectivity index is 1.86. The first-order valence-corrected chi connectivity index (χ1v) is 9.25. The molecule has 2 heterocycles. The van der Waals surface area contributed by atoms with Crippen LogP contribution in [0.15, 0.2) is 45.7 Å². The molecule has 0 aliphatic carbocycles. The van der Waals surface area contributed by atoms with Crippen molar-refractivity contribution in [1.82, 2.24) is 4.90 Å². The number of rotatable bonds is 5. The molecule has 0 N–H and O–H groups in total. The summed E-state index contributed by atoms with van der Waals surface area (Å²) in [5.41, 5.74) is 0.598. The molecule has 0 radical (unpaired) electrons. The summed E-state index contributed by atoms with van der Waals surface area (Å²) in [5.74, 6) is 0.871. The van der Waals surface area contributed by atoms with Crippen molar-refractivity contribution in [2.75, 3.05) is 0 Å². The van der Waals surface area contributed by atoms with E-state index in [4.69, 9.17) is 16.6 Å². The van der Waals surface area contributed by atoms with Gasteiger partial charge in [0, 0.05) is 29.8 Å². The van der Waals surface area contributed by atoms with Gasteiger partial charge in [0.25, 0.3) is 11.6 Å². The molecular weight excluding hydrogens is 372 g/mol. The Labute approximate surface area is 160 Å². The lowest BCUT2D eigenvalue weighted by atomic mass is 10.1. The van der Waals surface area contributed by atoms with Gasteiger partial charge >= 0.3 is 0 Å². The van der Waals surface area contributed by atoms with Gasteiger partial charge in [0.15, 0.2) is 0 Å². The highest BCUT2D eigenvalue weighted by Crippen LogP contribution is 2.35. The van der Waals surface area contributed by atoms with Crippen LogP contribution < -0.4 is 0 Å². The number of non-ortho nitro benzene ring substituents is 1. The zero-order chi connectivity index (χ0) is 18.8. The molecule has 1 saturated heterocycles. The van der Waals surface area contributed by atoms with Gasteiger partial charge in [0.1, 0.15) is 15.8 Å². The number of nitro benzene ring substituents is 1. The van der Waals surface area contributed by atoms with Crippen molar-refractivity contribution in [3.63, 3.8) is 0 Å². The lowest BCUT2D eigenvalue weighted by Crippen LogP contribution is -2.36. The quantitative estimate of drug-likeness (QED) is 0.315. The number of carbonyl (C=O) groups excluding carboxylic acids is 1. The van der Waals surface area contributed by atoms with E-state index < -0.39 is 4.92 Å². The molecule has 1 fully saturated rings. The number of nitrogens with zero attached hydrogens (tertiary/aromatic N) is 2. The summed E-state index contributed by atoms with van der Waals surface area (Å²) in [6.07, 6.45) is 2.47. The molecule has 1 amide bonds. The summed E-state index contributed by atoms with van der Waals surface area (Å²) < 4.78 is 6.29. The highest BCUT2D eigenvalue weighted by molar-refractivity contribution is 8.26. The molecule has 0 spiro atoms. The molecule has 134 valence electrons. The molecule has 1 aromatic heterocycles. The Morgan fingerprint density at radius 2 is 2.15 bits per heavy atom. The standard InChI is InChI=1S/C18H16N2O4S2/c1-3-11(2)19-17(21)16(26-18(19)25)10-14-7-8-15(24-14)12-5-4-6-13(9-12)20(22)23/h4-11H,3H2,1-2H3/b16-10-/t11-/m0/s1. The molecule has 0 bridgehead atoms. The molecule has 2 aromatic rings. The van der Waals surface area contributed by atoms with Gasteiger partial charge in [-0.25, -0.2) is 0 Å². The Kier molecular flexibility index (Phi) is 5.24. The van der Waals surface area contributed by atoms with Crippen molar-refractivity contribution in [3.05, 3.63) is 57.2 Å². The highest BCUT2D eigenvalue weighted by Gasteiger charge is 2.34. The Morgan fingerprint density at radius 3 is 2.85 bits per heavy atom. The van der Waals surface area contributed by atoms with Crippen LogP contribution in [0.3, 0.4) is 0 Å². The van der Waals surface area contributed by atoms with Gasteiger partial charge in [0.2, 0.25) is 0 Å². The van der Waals surface area contributed by atoms with E-state index in [0.717, 1.165) is 6.42 Å². The number of furan rings is 1. The molecule has 6 nitrogen and oxygen atoms in total. The van der Waals surface area contributed by atoms with E-state index >= 15 is 0 Å². The van der Waals surface area contributed by atoms with Gasteiger partial charge in [-0.05, 0) is 25.5 Å². The van der Waals surface area contributed by atoms with Crippen LogP contribution in [-0.4, -0.2) is 26.1 Å². The van der Waals surface area contributed by atoms with Crippen LogP contribution in [0.2, 0.25) is 0 Å². The summed E-state index contributed by atoms with van der Waals surface area (Å²) in [4.78, 5) is 25.1. The third kappa shape index (κ3) is 3.56. The van der Waals surface area contributed by atoms with E-state index in [2.05, 4.69) is 0 Å². The zero-order valence-electron chi connectivity index (χ0n) is 14.2. The van der Waals surface area contributed by atoms with E-state index in [1.807, 2.05) is 13.8 Å². The number of carbonyl (C=O) groups is 1. The smallest absolute Gasteiger partial charge is 0.270 e. The van der Waals surface area contributed by atoms with Gasteiger partial charge in [-0.3, -0.25) is 19.8 Å². The average molecular weight is 388 g/mol. The van der Waals surface area contributed by atoms with E-state index in [1.54, 1.807) is 35.2 Å². The fraction of sp³-hybridized carbons (Fsp3) is 0.222. The van der Waals surface area contributed by atoms with E-state index in [-0.39, 0.29) is 17.6 Å². The number of benzene rings is 1. The van der Waals surface area contributed by atoms with Gasteiger partial charge in [-0.15, -0.1) is 0 Å². The largest absolute Gasteiger partial charge is 0.457 e. The van der Waals surface area contributed by atoms with Crippen LogP contribution in [0, 0.1) is 10.1 Å². The molecule has 1 atom stereocenters. The molecule has 0 unspecified atom stereocenters. The van der Waals surface area contributed by atoms with E-state index in [9.17, 15) is 14.9 Å². The monoisotopic (exact) mass is 388 g/mol. The third-order valence-electron chi connectivity index (χ3n) is 4.10. The first kappa shape index (κ1) is 18.3. The fourth-order valence-electron chi connectivity index (χ4n) is 2.53. The highest BCUT2D eigenvalue weighted by atomic mass is 32.2. The fourth-order valence-corrected chi connectivity index (χ4v) is 3.97. The first-order chi connectivity index (χ1) is 12.4. The lowest BCUT2D eigenvalue weighted by Gasteiger charge is -2.21. The van der Waals surface area contributed by atoms with Gasteiger partial charge in [0.05, 0.1) is 9.83 Å². The summed E-state index contributed by atoms with van der Waals surface area (Å²) in [5, 5.41) is 10.9. The Hall–Kier alpha value is -2.45. The molecule has 8 heteroatoms. The van der Waals surface area contributed by atoms with Crippen molar-refractivity contribution < 1.29 is 14.1 Å². The molecule has 1 aromatic carbocycles.